The van der Waals surface area contributed by atoms with Crippen molar-refractivity contribution in [1.82, 2.24) is 4.90 Å². The second-order valence-electron chi connectivity index (χ2n) is 2.53. The van der Waals surface area contributed by atoms with Crippen LogP contribution in [0.15, 0.2) is 0 Å². The number of rotatable bonds is 2. The molecule has 0 fully saturated rings. The van der Waals surface area contributed by atoms with Crippen LogP contribution in [0, 0.1) is 28.7 Å². The summed E-state index contributed by atoms with van der Waals surface area (Å²) >= 11 is 0. The highest BCUT2D eigenvalue weighted by Gasteiger charge is 2.15. The van der Waals surface area contributed by atoms with Gasteiger partial charge in [0.05, 0.1) is 6.07 Å². The molecule has 0 aromatic heterocycles. The summed E-state index contributed by atoms with van der Waals surface area (Å²) < 4.78 is 0. The van der Waals surface area contributed by atoms with Crippen molar-refractivity contribution >= 4 is 0 Å². The Morgan fingerprint density at radius 2 is 1.80 bits per heavy atom. The number of nitriles is 2. The van der Waals surface area contributed by atoms with Crippen LogP contribution in [0.25, 0.3) is 0 Å². The van der Waals surface area contributed by atoms with Crippen molar-refractivity contribution in [3.05, 3.63) is 0 Å². The average Bonchev–Trinajstić information content (AvgIpc) is 1.88. The maximum absolute atomic E-state index is 8.56. The lowest BCUT2D eigenvalue weighted by molar-refractivity contribution is 0.330. The van der Waals surface area contributed by atoms with Crippen LogP contribution >= 0.6 is 0 Å². The van der Waals surface area contributed by atoms with Crippen molar-refractivity contribution in [2.45, 2.75) is 19.9 Å². The lowest BCUT2D eigenvalue weighted by Gasteiger charge is -2.18. The fraction of sp³-hybridized carbons (Fsp3) is 0.714. The molecule has 0 rings (SSSR count). The topological polar surface area (TPSA) is 50.8 Å². The molecule has 0 bridgehead atoms. The summed E-state index contributed by atoms with van der Waals surface area (Å²) in [6.45, 7) is 3.84. The molecule has 1 atom stereocenters. The van der Waals surface area contributed by atoms with Crippen LogP contribution in [0.1, 0.15) is 13.8 Å². The number of nitrogens with zero attached hydrogens (tertiary/aromatic N) is 3. The van der Waals surface area contributed by atoms with Gasteiger partial charge in [-0.2, -0.15) is 10.5 Å². The molecule has 1 unspecified atom stereocenters. The highest BCUT2D eigenvalue weighted by atomic mass is 15.1. The molecule has 0 aliphatic heterocycles. The van der Waals surface area contributed by atoms with Crippen molar-refractivity contribution in [1.29, 1.82) is 10.5 Å². The van der Waals surface area contributed by atoms with Gasteiger partial charge in [-0.05, 0) is 5.92 Å². The standard InChI is InChI=1S/C7H11N3/c1-6(2)7(4-8)10(3)5-9/h6-7H,1-3H3. The Morgan fingerprint density at radius 1 is 1.30 bits per heavy atom. The third-order valence-corrected chi connectivity index (χ3v) is 1.34. The van der Waals surface area contributed by atoms with Gasteiger partial charge in [0.1, 0.15) is 6.04 Å². The minimum absolute atomic E-state index is 0.203. The van der Waals surface area contributed by atoms with Gasteiger partial charge >= 0.3 is 0 Å². The Balaban J connectivity index is 4.14. The maximum atomic E-state index is 8.56. The Kier molecular flexibility index (Phi) is 3.28. The van der Waals surface area contributed by atoms with Crippen LogP contribution in [0.2, 0.25) is 0 Å². The van der Waals surface area contributed by atoms with E-state index in [2.05, 4.69) is 6.07 Å². The summed E-state index contributed by atoms with van der Waals surface area (Å²) in [5, 5.41) is 17.0. The molecule has 0 aromatic carbocycles. The van der Waals surface area contributed by atoms with E-state index < -0.39 is 0 Å². The smallest absolute Gasteiger partial charge is 0.180 e. The molecule has 3 heteroatoms. The molecule has 10 heavy (non-hydrogen) atoms. The minimum Gasteiger partial charge on any atom is -0.297 e. The van der Waals surface area contributed by atoms with Crippen LogP contribution < -0.4 is 0 Å². The van der Waals surface area contributed by atoms with E-state index in [1.54, 1.807) is 7.05 Å². The third kappa shape index (κ3) is 1.95. The first-order valence-electron chi connectivity index (χ1n) is 3.15. The molecular formula is C7H11N3. The van der Waals surface area contributed by atoms with Gasteiger partial charge in [-0.25, -0.2) is 0 Å². The molecule has 0 amide bonds. The van der Waals surface area contributed by atoms with Crippen molar-refractivity contribution in [2.24, 2.45) is 5.92 Å². The predicted octanol–water partition coefficient (Wildman–Crippen LogP) is 0.947. The lowest BCUT2D eigenvalue weighted by atomic mass is 10.1. The highest BCUT2D eigenvalue weighted by Crippen LogP contribution is 2.05. The summed E-state index contributed by atoms with van der Waals surface area (Å²) in [4.78, 5) is 1.37. The van der Waals surface area contributed by atoms with Crippen LogP contribution in [0.4, 0.5) is 0 Å². The summed E-state index contributed by atoms with van der Waals surface area (Å²) in [7, 11) is 1.62. The number of hydrogen-bond acceptors (Lipinski definition) is 3. The van der Waals surface area contributed by atoms with E-state index >= 15 is 0 Å². The van der Waals surface area contributed by atoms with E-state index in [4.69, 9.17) is 10.5 Å². The summed E-state index contributed by atoms with van der Waals surface area (Å²) in [5.74, 6) is 0.203. The Hall–Kier alpha value is -1.22. The first-order valence-corrected chi connectivity index (χ1v) is 3.15. The summed E-state index contributed by atoms with van der Waals surface area (Å²) in [5.41, 5.74) is 0. The molecule has 0 heterocycles. The van der Waals surface area contributed by atoms with E-state index in [0.717, 1.165) is 0 Å². The Morgan fingerprint density at radius 3 is 1.90 bits per heavy atom. The monoisotopic (exact) mass is 137 g/mol. The van der Waals surface area contributed by atoms with E-state index in [1.807, 2.05) is 20.0 Å². The lowest BCUT2D eigenvalue weighted by Crippen LogP contribution is -2.30. The molecule has 0 aliphatic carbocycles. The molecule has 3 nitrogen and oxygen atoms in total. The molecule has 0 aliphatic rings. The molecule has 0 saturated heterocycles. The molecule has 0 N–H and O–H groups in total. The maximum Gasteiger partial charge on any atom is 0.180 e. The zero-order valence-electron chi connectivity index (χ0n) is 6.50. The van der Waals surface area contributed by atoms with Gasteiger partial charge in [0.2, 0.25) is 0 Å². The normalized spacial score (nSPS) is 11.8. The average molecular weight is 137 g/mol. The number of hydrogen-bond donors (Lipinski definition) is 0. The Bertz CT molecular complexity index is 172. The zero-order valence-corrected chi connectivity index (χ0v) is 6.50. The molecule has 54 valence electrons. The van der Waals surface area contributed by atoms with Gasteiger partial charge in [0, 0.05) is 7.05 Å². The fourth-order valence-electron chi connectivity index (χ4n) is 0.745. The van der Waals surface area contributed by atoms with E-state index in [1.165, 1.54) is 4.90 Å². The van der Waals surface area contributed by atoms with Crippen LogP contribution in [0.3, 0.4) is 0 Å². The molecule has 0 radical (unpaired) electrons. The first-order chi connectivity index (χ1) is 4.63. The van der Waals surface area contributed by atoms with Crippen LogP contribution in [0.5, 0.6) is 0 Å². The highest BCUT2D eigenvalue weighted by molar-refractivity contribution is 4.96. The van der Waals surface area contributed by atoms with E-state index in [-0.39, 0.29) is 12.0 Å². The second kappa shape index (κ2) is 3.74. The van der Waals surface area contributed by atoms with Gasteiger partial charge in [0.25, 0.3) is 0 Å². The van der Waals surface area contributed by atoms with E-state index in [9.17, 15) is 0 Å². The molecule has 0 aromatic rings. The van der Waals surface area contributed by atoms with Gasteiger partial charge in [-0.3, -0.25) is 4.90 Å². The van der Waals surface area contributed by atoms with Crippen LogP contribution in [-0.4, -0.2) is 18.0 Å². The van der Waals surface area contributed by atoms with Crippen molar-refractivity contribution < 1.29 is 0 Å². The molecular weight excluding hydrogens is 126 g/mol. The van der Waals surface area contributed by atoms with Crippen molar-refractivity contribution in [3.63, 3.8) is 0 Å². The summed E-state index contributed by atoms with van der Waals surface area (Å²) in [6.07, 6.45) is 1.91. The predicted molar refractivity (Wildman–Crippen MR) is 37.6 cm³/mol. The molecule has 0 saturated carbocycles. The van der Waals surface area contributed by atoms with Gasteiger partial charge in [-0.15, -0.1) is 0 Å². The third-order valence-electron chi connectivity index (χ3n) is 1.34. The van der Waals surface area contributed by atoms with Crippen LogP contribution in [-0.2, 0) is 0 Å². The largest absolute Gasteiger partial charge is 0.297 e. The van der Waals surface area contributed by atoms with Gasteiger partial charge < -0.3 is 0 Å². The summed E-state index contributed by atoms with van der Waals surface area (Å²) in [6, 6.07) is 1.77. The first kappa shape index (κ1) is 8.78. The van der Waals surface area contributed by atoms with Gasteiger partial charge in [-0.1, -0.05) is 13.8 Å². The van der Waals surface area contributed by atoms with Crippen molar-refractivity contribution in [2.75, 3.05) is 7.05 Å². The van der Waals surface area contributed by atoms with Crippen molar-refractivity contribution in [3.8, 4) is 12.3 Å². The van der Waals surface area contributed by atoms with E-state index in [0.29, 0.717) is 0 Å². The quantitative estimate of drug-likeness (QED) is 0.420. The zero-order chi connectivity index (χ0) is 8.15. The van der Waals surface area contributed by atoms with Gasteiger partial charge in [0.15, 0.2) is 6.19 Å². The fourth-order valence-corrected chi connectivity index (χ4v) is 0.745. The minimum atomic E-state index is -0.287. The SMILES string of the molecule is CC(C)C(C#N)N(C)C#N. The second-order valence-corrected chi connectivity index (χ2v) is 2.53. The Labute approximate surface area is 61.5 Å². The molecule has 0 spiro atoms.